The van der Waals surface area contributed by atoms with Crippen LogP contribution in [0, 0.1) is 0 Å². The maximum absolute atomic E-state index is 12.4. The van der Waals surface area contributed by atoms with Gasteiger partial charge in [0, 0.05) is 10.4 Å². The van der Waals surface area contributed by atoms with Gasteiger partial charge in [-0.25, -0.2) is 0 Å². The molecule has 4 nitrogen and oxygen atoms in total. The van der Waals surface area contributed by atoms with Gasteiger partial charge in [-0.1, -0.05) is 44.2 Å². The largest absolute Gasteiger partial charge is 0.293 e. The molecule has 0 saturated carbocycles. The highest BCUT2D eigenvalue weighted by atomic mass is 32.2. The van der Waals surface area contributed by atoms with Crippen LogP contribution in [-0.4, -0.2) is 28.4 Å². The molecule has 25 heavy (non-hydrogen) atoms. The minimum atomic E-state index is -0.407. The first-order valence-electron chi connectivity index (χ1n) is 7.87. The summed E-state index contributed by atoms with van der Waals surface area (Å²) in [4.78, 5) is 39.2. The molecule has 2 aromatic rings. The van der Waals surface area contributed by atoms with Gasteiger partial charge in [0.15, 0.2) is 5.78 Å². The Labute approximate surface area is 154 Å². The van der Waals surface area contributed by atoms with Gasteiger partial charge in [0.1, 0.15) is 0 Å². The summed E-state index contributed by atoms with van der Waals surface area (Å²) in [6.45, 7) is 3.93. The minimum absolute atomic E-state index is 0.229. The van der Waals surface area contributed by atoms with Crippen LogP contribution in [0.3, 0.4) is 0 Å². The van der Waals surface area contributed by atoms with Crippen molar-refractivity contribution in [3.63, 3.8) is 0 Å². The maximum Gasteiger partial charge on any atom is 0.293 e. The second kappa shape index (κ2) is 7.37. The van der Waals surface area contributed by atoms with Crippen molar-refractivity contribution in [3.8, 4) is 0 Å². The molecular weight excluding hydrogens is 354 g/mol. The van der Waals surface area contributed by atoms with E-state index in [1.807, 2.05) is 29.6 Å². The van der Waals surface area contributed by atoms with Crippen molar-refractivity contribution in [1.29, 1.82) is 0 Å². The number of carbonyl (C=O) groups excluding carboxylic acids is 3. The van der Waals surface area contributed by atoms with Crippen LogP contribution in [0.2, 0.25) is 0 Å². The predicted octanol–water partition coefficient (Wildman–Crippen LogP) is 4.79. The lowest BCUT2D eigenvalue weighted by atomic mass is 10.0. The van der Waals surface area contributed by atoms with Gasteiger partial charge in [0.25, 0.3) is 11.1 Å². The molecule has 0 aliphatic carbocycles. The summed E-state index contributed by atoms with van der Waals surface area (Å²) >= 11 is 2.37. The van der Waals surface area contributed by atoms with Crippen LogP contribution in [-0.2, 0) is 4.79 Å². The lowest BCUT2D eigenvalue weighted by Crippen LogP contribution is -2.33. The summed E-state index contributed by atoms with van der Waals surface area (Å²) in [5.41, 5.74) is 1.65. The summed E-state index contributed by atoms with van der Waals surface area (Å²) in [6, 6.07) is 11.1. The smallest absolute Gasteiger partial charge is 0.292 e. The molecule has 128 valence electrons. The number of thiophene rings is 1. The van der Waals surface area contributed by atoms with Gasteiger partial charge in [-0.2, -0.15) is 0 Å². The van der Waals surface area contributed by atoms with Gasteiger partial charge < -0.3 is 0 Å². The molecule has 1 saturated heterocycles. The Morgan fingerprint density at radius 1 is 1.16 bits per heavy atom. The third-order valence-electron chi connectivity index (χ3n) is 3.89. The molecule has 0 N–H and O–H groups in total. The monoisotopic (exact) mass is 371 g/mol. The van der Waals surface area contributed by atoms with Crippen LogP contribution in [0.4, 0.5) is 4.79 Å². The van der Waals surface area contributed by atoms with Crippen LogP contribution in [0.25, 0.3) is 6.08 Å². The third-order valence-corrected chi connectivity index (χ3v) is 5.62. The lowest BCUT2D eigenvalue weighted by Gasteiger charge is -2.12. The first-order valence-corrected chi connectivity index (χ1v) is 9.57. The van der Waals surface area contributed by atoms with Crippen molar-refractivity contribution in [1.82, 2.24) is 4.90 Å². The van der Waals surface area contributed by atoms with Crippen LogP contribution in [0.15, 0.2) is 46.7 Å². The van der Waals surface area contributed by atoms with E-state index in [-0.39, 0.29) is 12.3 Å². The zero-order valence-electron chi connectivity index (χ0n) is 13.9. The summed E-state index contributed by atoms with van der Waals surface area (Å²) < 4.78 is 0. The number of imide groups is 1. The number of carbonyl (C=O) groups is 3. The van der Waals surface area contributed by atoms with Crippen LogP contribution in [0.1, 0.15) is 40.6 Å². The maximum atomic E-state index is 12.4. The number of Topliss-reactive ketones (excluding diaryl/α,β-unsaturated/α-hetero) is 1. The molecule has 0 unspecified atom stereocenters. The van der Waals surface area contributed by atoms with E-state index in [4.69, 9.17) is 0 Å². The van der Waals surface area contributed by atoms with E-state index in [0.717, 1.165) is 27.1 Å². The highest BCUT2D eigenvalue weighted by Gasteiger charge is 2.36. The summed E-state index contributed by atoms with van der Waals surface area (Å²) in [6.07, 6.45) is 1.69. The highest BCUT2D eigenvalue weighted by Crippen LogP contribution is 2.33. The van der Waals surface area contributed by atoms with E-state index in [1.54, 1.807) is 18.2 Å². The number of thioether (sulfide) groups is 1. The molecule has 0 spiro atoms. The molecule has 3 rings (SSSR count). The topological polar surface area (TPSA) is 54.5 Å². The zero-order chi connectivity index (χ0) is 18.0. The number of rotatable bonds is 5. The van der Waals surface area contributed by atoms with Gasteiger partial charge in [0.05, 0.1) is 11.4 Å². The van der Waals surface area contributed by atoms with Gasteiger partial charge in [-0.15, -0.1) is 11.3 Å². The fourth-order valence-corrected chi connectivity index (χ4v) is 3.99. The van der Waals surface area contributed by atoms with Gasteiger partial charge in [0.2, 0.25) is 0 Å². The normalized spacial score (nSPS) is 16.3. The molecule has 6 heteroatoms. The number of hydrogen-bond donors (Lipinski definition) is 0. The number of amides is 2. The van der Waals surface area contributed by atoms with Crippen LogP contribution < -0.4 is 0 Å². The Kier molecular flexibility index (Phi) is 5.20. The average molecular weight is 371 g/mol. The fourth-order valence-electron chi connectivity index (χ4n) is 2.43. The molecule has 1 fully saturated rings. The molecule has 0 radical (unpaired) electrons. The molecule has 0 bridgehead atoms. The Bertz CT molecular complexity index is 836. The van der Waals surface area contributed by atoms with E-state index in [0.29, 0.717) is 16.4 Å². The molecule has 1 aliphatic rings. The van der Waals surface area contributed by atoms with E-state index in [9.17, 15) is 14.4 Å². The van der Waals surface area contributed by atoms with Gasteiger partial charge in [-0.3, -0.25) is 19.3 Å². The summed E-state index contributed by atoms with van der Waals surface area (Å²) in [7, 11) is 0. The van der Waals surface area contributed by atoms with Crippen molar-refractivity contribution in [3.05, 3.63) is 62.7 Å². The molecule has 2 heterocycles. The fraction of sp³-hybridized carbons (Fsp3) is 0.211. The van der Waals surface area contributed by atoms with Gasteiger partial charge in [-0.05, 0) is 40.8 Å². The lowest BCUT2D eigenvalue weighted by molar-refractivity contribution is -0.122. The SMILES string of the molecule is CC(C)c1ccc(C(=O)CN2C(=O)S/C(=C\c3cccs3)C2=O)cc1. The van der Waals surface area contributed by atoms with E-state index in [1.165, 1.54) is 11.3 Å². The summed E-state index contributed by atoms with van der Waals surface area (Å²) in [5, 5.41) is 1.50. The van der Waals surface area contributed by atoms with Crippen LogP contribution >= 0.6 is 23.1 Å². The van der Waals surface area contributed by atoms with Crippen molar-refractivity contribution in [2.75, 3.05) is 6.54 Å². The highest BCUT2D eigenvalue weighted by molar-refractivity contribution is 8.18. The second-order valence-corrected chi connectivity index (χ2v) is 7.96. The number of nitrogens with zero attached hydrogens (tertiary/aromatic N) is 1. The quantitative estimate of drug-likeness (QED) is 0.560. The Balaban J connectivity index is 1.72. The minimum Gasteiger partial charge on any atom is -0.292 e. The van der Waals surface area contributed by atoms with Crippen LogP contribution in [0.5, 0.6) is 0 Å². The zero-order valence-corrected chi connectivity index (χ0v) is 15.5. The molecule has 1 aromatic carbocycles. The molecule has 0 atom stereocenters. The van der Waals surface area contributed by atoms with Crippen molar-refractivity contribution in [2.45, 2.75) is 19.8 Å². The second-order valence-electron chi connectivity index (χ2n) is 5.98. The van der Waals surface area contributed by atoms with E-state index < -0.39 is 11.1 Å². The number of benzene rings is 1. The molecule has 1 aromatic heterocycles. The predicted molar refractivity (Wildman–Crippen MR) is 102 cm³/mol. The van der Waals surface area contributed by atoms with E-state index >= 15 is 0 Å². The standard InChI is InChI=1S/C19H17NO3S2/c1-12(2)13-5-7-14(8-6-13)16(21)11-20-18(22)17(25-19(20)23)10-15-4-3-9-24-15/h3-10,12H,11H2,1-2H3/b17-10-. The Morgan fingerprint density at radius 3 is 2.48 bits per heavy atom. The first kappa shape index (κ1) is 17.6. The number of ketones is 1. The van der Waals surface area contributed by atoms with Crippen molar-refractivity contribution in [2.24, 2.45) is 0 Å². The first-order chi connectivity index (χ1) is 12.0. The average Bonchev–Trinajstić information content (AvgIpc) is 3.19. The van der Waals surface area contributed by atoms with Crippen molar-refractivity contribution >= 4 is 46.1 Å². The van der Waals surface area contributed by atoms with Gasteiger partial charge >= 0.3 is 0 Å². The third kappa shape index (κ3) is 3.91. The summed E-state index contributed by atoms with van der Waals surface area (Å²) in [5.74, 6) is -0.266. The molecule has 1 aliphatic heterocycles. The molecule has 2 amide bonds. The molecular formula is C19H17NO3S2. The number of hydrogen-bond acceptors (Lipinski definition) is 5. The van der Waals surface area contributed by atoms with E-state index in [2.05, 4.69) is 13.8 Å². The Hall–Kier alpha value is -2.18. The van der Waals surface area contributed by atoms with Crippen molar-refractivity contribution < 1.29 is 14.4 Å². The Morgan fingerprint density at radius 2 is 1.88 bits per heavy atom.